The van der Waals surface area contributed by atoms with Crippen molar-refractivity contribution in [2.75, 3.05) is 24.6 Å². The van der Waals surface area contributed by atoms with Gasteiger partial charge in [-0.15, -0.1) is 0 Å². The molecule has 1 aliphatic heterocycles. The highest BCUT2D eigenvalue weighted by Gasteiger charge is 2.23. The van der Waals surface area contributed by atoms with Crippen LogP contribution in [0.4, 0.5) is 4.39 Å². The molecule has 1 unspecified atom stereocenters. The van der Waals surface area contributed by atoms with E-state index in [-0.39, 0.29) is 17.6 Å². The smallest absolute Gasteiger partial charge is 0.131 e. The van der Waals surface area contributed by atoms with E-state index in [1.165, 1.54) is 6.07 Å². The molecule has 0 amide bonds. The summed E-state index contributed by atoms with van der Waals surface area (Å²) in [5, 5.41) is 9.17. The summed E-state index contributed by atoms with van der Waals surface area (Å²) in [6.45, 7) is 3.39. The van der Waals surface area contributed by atoms with Crippen LogP contribution in [0, 0.1) is 5.82 Å². The van der Waals surface area contributed by atoms with E-state index in [1.807, 2.05) is 6.92 Å². The molecule has 5 heteroatoms. The minimum absolute atomic E-state index is 0.0482. The first-order chi connectivity index (χ1) is 8.08. The Balaban J connectivity index is 2.13. The van der Waals surface area contributed by atoms with Gasteiger partial charge in [0.1, 0.15) is 11.6 Å². The summed E-state index contributed by atoms with van der Waals surface area (Å²) in [7, 11) is -0.718. The SMILES string of the molecule is CC(c1ccc(O)cc1F)N1CCS(=O)CC1. The van der Waals surface area contributed by atoms with Crippen LogP contribution >= 0.6 is 0 Å². The summed E-state index contributed by atoms with van der Waals surface area (Å²) in [5.41, 5.74) is 0.579. The van der Waals surface area contributed by atoms with Gasteiger partial charge in [0.25, 0.3) is 0 Å². The van der Waals surface area contributed by atoms with E-state index in [9.17, 15) is 13.7 Å². The van der Waals surface area contributed by atoms with E-state index in [1.54, 1.807) is 6.07 Å². The van der Waals surface area contributed by atoms with E-state index >= 15 is 0 Å². The Morgan fingerprint density at radius 1 is 1.41 bits per heavy atom. The summed E-state index contributed by atoms with van der Waals surface area (Å²) >= 11 is 0. The van der Waals surface area contributed by atoms with Crippen molar-refractivity contribution in [3.63, 3.8) is 0 Å². The number of nitrogens with zero attached hydrogens (tertiary/aromatic N) is 1. The predicted octanol–water partition coefficient (Wildman–Crippen LogP) is 1.66. The second-order valence-corrected chi connectivity index (χ2v) is 5.96. The highest BCUT2D eigenvalue weighted by Crippen LogP contribution is 2.26. The van der Waals surface area contributed by atoms with Crippen LogP contribution in [0.25, 0.3) is 0 Å². The van der Waals surface area contributed by atoms with E-state index in [2.05, 4.69) is 4.90 Å². The highest BCUT2D eigenvalue weighted by atomic mass is 32.2. The third-order valence-electron chi connectivity index (χ3n) is 3.19. The van der Waals surface area contributed by atoms with Crippen molar-refractivity contribution in [1.29, 1.82) is 0 Å². The van der Waals surface area contributed by atoms with Crippen LogP contribution in [0.15, 0.2) is 18.2 Å². The third kappa shape index (κ3) is 2.84. The molecule has 2 rings (SSSR count). The van der Waals surface area contributed by atoms with E-state index in [0.717, 1.165) is 19.2 Å². The molecule has 1 atom stereocenters. The number of rotatable bonds is 2. The molecule has 1 aromatic carbocycles. The number of benzene rings is 1. The average molecular weight is 257 g/mol. The van der Waals surface area contributed by atoms with E-state index in [0.29, 0.717) is 17.1 Å². The molecule has 1 aromatic rings. The normalized spacial score (nSPS) is 20.4. The molecule has 0 spiro atoms. The first kappa shape index (κ1) is 12.5. The molecule has 1 saturated heterocycles. The second-order valence-electron chi connectivity index (χ2n) is 4.27. The lowest BCUT2D eigenvalue weighted by atomic mass is 10.1. The molecule has 94 valence electrons. The van der Waals surface area contributed by atoms with Crippen LogP contribution in [-0.2, 0) is 10.8 Å². The van der Waals surface area contributed by atoms with Gasteiger partial charge in [0.15, 0.2) is 0 Å². The molecule has 17 heavy (non-hydrogen) atoms. The first-order valence-electron chi connectivity index (χ1n) is 5.65. The molecule has 3 nitrogen and oxygen atoms in total. The minimum atomic E-state index is -0.718. The number of phenols is 1. The molecular weight excluding hydrogens is 241 g/mol. The van der Waals surface area contributed by atoms with Crippen molar-refractivity contribution in [2.45, 2.75) is 13.0 Å². The van der Waals surface area contributed by atoms with Crippen molar-refractivity contribution >= 4 is 10.8 Å². The Labute approximate surface area is 103 Å². The van der Waals surface area contributed by atoms with Gasteiger partial charge in [0.05, 0.1) is 0 Å². The molecule has 0 bridgehead atoms. The second kappa shape index (κ2) is 5.14. The maximum atomic E-state index is 13.7. The fourth-order valence-corrected chi connectivity index (χ4v) is 3.17. The lowest BCUT2D eigenvalue weighted by molar-refractivity contribution is 0.226. The molecule has 1 fully saturated rings. The minimum Gasteiger partial charge on any atom is -0.508 e. The van der Waals surface area contributed by atoms with Gasteiger partial charge in [0.2, 0.25) is 0 Å². The number of halogens is 1. The van der Waals surface area contributed by atoms with Crippen molar-refractivity contribution in [3.8, 4) is 5.75 Å². The van der Waals surface area contributed by atoms with Gasteiger partial charge < -0.3 is 5.11 Å². The van der Waals surface area contributed by atoms with Crippen LogP contribution in [0.1, 0.15) is 18.5 Å². The summed E-state index contributed by atoms with van der Waals surface area (Å²) in [6, 6.07) is 4.19. The molecule has 1 N–H and O–H groups in total. The molecule has 0 aromatic heterocycles. The summed E-state index contributed by atoms with van der Waals surface area (Å²) in [5.74, 6) is 0.871. The van der Waals surface area contributed by atoms with Crippen LogP contribution < -0.4 is 0 Å². The maximum absolute atomic E-state index is 13.7. The van der Waals surface area contributed by atoms with Crippen molar-refractivity contribution < 1.29 is 13.7 Å². The molecule has 1 heterocycles. The molecule has 1 aliphatic rings. The molecule has 0 saturated carbocycles. The zero-order valence-corrected chi connectivity index (χ0v) is 10.5. The molecule has 0 radical (unpaired) electrons. The number of hydrogen-bond acceptors (Lipinski definition) is 3. The van der Waals surface area contributed by atoms with Gasteiger partial charge in [-0.05, 0) is 13.0 Å². The van der Waals surface area contributed by atoms with Crippen LogP contribution in [0.3, 0.4) is 0 Å². The van der Waals surface area contributed by atoms with Crippen LogP contribution in [0.5, 0.6) is 5.75 Å². The lowest BCUT2D eigenvalue weighted by Crippen LogP contribution is -2.39. The number of phenolic OH excluding ortho intramolecular Hbond substituents is 1. The van der Waals surface area contributed by atoms with Gasteiger partial charge in [-0.1, -0.05) is 6.07 Å². The zero-order chi connectivity index (χ0) is 12.4. The fraction of sp³-hybridized carbons (Fsp3) is 0.500. The highest BCUT2D eigenvalue weighted by molar-refractivity contribution is 7.85. The quantitative estimate of drug-likeness (QED) is 0.876. The summed E-state index contributed by atoms with van der Waals surface area (Å²) < 4.78 is 24.9. The van der Waals surface area contributed by atoms with Gasteiger partial charge in [0, 0.05) is 53.1 Å². The first-order valence-corrected chi connectivity index (χ1v) is 7.14. The third-order valence-corrected chi connectivity index (χ3v) is 4.47. The Morgan fingerprint density at radius 3 is 2.65 bits per heavy atom. The van der Waals surface area contributed by atoms with Gasteiger partial charge in [-0.2, -0.15) is 0 Å². The Morgan fingerprint density at radius 2 is 2.06 bits per heavy atom. The van der Waals surface area contributed by atoms with E-state index in [4.69, 9.17) is 0 Å². The number of hydrogen-bond donors (Lipinski definition) is 1. The average Bonchev–Trinajstić information content (AvgIpc) is 2.29. The van der Waals surface area contributed by atoms with Crippen molar-refractivity contribution in [2.24, 2.45) is 0 Å². The Bertz CT molecular complexity index is 429. The van der Waals surface area contributed by atoms with Crippen LogP contribution in [0.2, 0.25) is 0 Å². The zero-order valence-electron chi connectivity index (χ0n) is 9.73. The fourth-order valence-electron chi connectivity index (χ4n) is 2.09. The maximum Gasteiger partial charge on any atom is 0.131 e. The lowest BCUT2D eigenvalue weighted by Gasteiger charge is -2.32. The number of aromatic hydroxyl groups is 1. The topological polar surface area (TPSA) is 40.5 Å². The Hall–Kier alpha value is -0.940. The van der Waals surface area contributed by atoms with Gasteiger partial charge in [-0.3, -0.25) is 9.11 Å². The van der Waals surface area contributed by atoms with Gasteiger partial charge >= 0.3 is 0 Å². The molecule has 0 aliphatic carbocycles. The van der Waals surface area contributed by atoms with Crippen molar-refractivity contribution in [3.05, 3.63) is 29.6 Å². The standard InChI is InChI=1S/C12H16FNO2S/c1-9(14-4-6-17(16)7-5-14)11-3-2-10(15)8-12(11)13/h2-3,8-9,15H,4-7H2,1H3. The van der Waals surface area contributed by atoms with Gasteiger partial charge in [-0.25, -0.2) is 4.39 Å². The monoisotopic (exact) mass is 257 g/mol. The van der Waals surface area contributed by atoms with Crippen molar-refractivity contribution in [1.82, 2.24) is 4.90 Å². The predicted molar refractivity (Wildman–Crippen MR) is 65.9 cm³/mol. The van der Waals surface area contributed by atoms with E-state index < -0.39 is 10.8 Å². The largest absolute Gasteiger partial charge is 0.508 e. The van der Waals surface area contributed by atoms with Crippen LogP contribution in [-0.4, -0.2) is 38.8 Å². The Kier molecular flexibility index (Phi) is 3.79. The summed E-state index contributed by atoms with van der Waals surface area (Å²) in [4.78, 5) is 2.12. The molecular formula is C12H16FNO2S. The summed E-state index contributed by atoms with van der Waals surface area (Å²) in [6.07, 6.45) is 0.